The standard InChI is InChI=1S/C11H16ClN/c1-3-6-9(4-2)10-7-5-8-13-11(10)12/h5,7-9H,3-4,6H2,1-2H3. The van der Waals surface area contributed by atoms with Crippen LogP contribution in [-0.4, -0.2) is 4.98 Å². The highest BCUT2D eigenvalue weighted by molar-refractivity contribution is 6.30. The number of halogens is 1. The summed E-state index contributed by atoms with van der Waals surface area (Å²) in [6, 6.07) is 4.04. The molecule has 0 spiro atoms. The normalized spacial score (nSPS) is 12.8. The Labute approximate surface area is 85.1 Å². The molecule has 0 saturated heterocycles. The lowest BCUT2D eigenvalue weighted by Gasteiger charge is -2.14. The first-order valence-electron chi connectivity index (χ1n) is 4.90. The van der Waals surface area contributed by atoms with Gasteiger partial charge in [0.25, 0.3) is 0 Å². The summed E-state index contributed by atoms with van der Waals surface area (Å²) in [5, 5.41) is 0.669. The molecule has 1 rings (SSSR count). The van der Waals surface area contributed by atoms with E-state index in [1.165, 1.54) is 18.4 Å². The van der Waals surface area contributed by atoms with Crippen LogP contribution in [0.4, 0.5) is 0 Å². The molecule has 0 amide bonds. The molecule has 1 heterocycles. The van der Waals surface area contributed by atoms with Crippen LogP contribution in [0.2, 0.25) is 5.15 Å². The molecule has 0 saturated carbocycles. The smallest absolute Gasteiger partial charge is 0.132 e. The second-order valence-corrected chi connectivity index (χ2v) is 3.64. The van der Waals surface area contributed by atoms with E-state index in [2.05, 4.69) is 24.9 Å². The van der Waals surface area contributed by atoms with Crippen molar-refractivity contribution in [2.75, 3.05) is 0 Å². The topological polar surface area (TPSA) is 12.9 Å². The Hall–Kier alpha value is -0.560. The number of pyridine rings is 1. The Morgan fingerprint density at radius 1 is 1.46 bits per heavy atom. The van der Waals surface area contributed by atoms with E-state index in [9.17, 15) is 0 Å². The lowest BCUT2D eigenvalue weighted by atomic mass is 9.93. The number of hydrogen-bond donors (Lipinski definition) is 0. The van der Waals surface area contributed by atoms with Gasteiger partial charge < -0.3 is 0 Å². The second-order valence-electron chi connectivity index (χ2n) is 3.28. The van der Waals surface area contributed by atoms with Gasteiger partial charge in [-0.1, -0.05) is 37.9 Å². The van der Waals surface area contributed by atoms with Gasteiger partial charge in [-0.2, -0.15) is 0 Å². The molecule has 72 valence electrons. The van der Waals surface area contributed by atoms with E-state index in [4.69, 9.17) is 11.6 Å². The molecule has 0 aliphatic rings. The van der Waals surface area contributed by atoms with Gasteiger partial charge in [0.1, 0.15) is 5.15 Å². The molecule has 0 aliphatic carbocycles. The summed E-state index contributed by atoms with van der Waals surface area (Å²) < 4.78 is 0. The van der Waals surface area contributed by atoms with Gasteiger partial charge in [-0.3, -0.25) is 0 Å². The highest BCUT2D eigenvalue weighted by Crippen LogP contribution is 2.28. The zero-order valence-electron chi connectivity index (χ0n) is 8.26. The van der Waals surface area contributed by atoms with E-state index in [-0.39, 0.29) is 0 Å². The molecule has 1 unspecified atom stereocenters. The van der Waals surface area contributed by atoms with Crippen LogP contribution in [-0.2, 0) is 0 Å². The van der Waals surface area contributed by atoms with Crippen LogP contribution in [0.3, 0.4) is 0 Å². The van der Waals surface area contributed by atoms with Gasteiger partial charge in [0.2, 0.25) is 0 Å². The molecule has 1 aromatic rings. The molecule has 0 bridgehead atoms. The van der Waals surface area contributed by atoms with E-state index in [0.717, 1.165) is 6.42 Å². The third kappa shape index (κ3) is 2.70. The molecule has 1 aromatic heterocycles. The molecule has 0 N–H and O–H groups in total. The minimum Gasteiger partial charge on any atom is -0.244 e. The molecular formula is C11H16ClN. The highest BCUT2D eigenvalue weighted by Gasteiger charge is 2.11. The zero-order valence-corrected chi connectivity index (χ0v) is 9.01. The fourth-order valence-corrected chi connectivity index (χ4v) is 1.90. The van der Waals surface area contributed by atoms with Crippen molar-refractivity contribution in [3.8, 4) is 0 Å². The SMILES string of the molecule is CCCC(CC)c1cccnc1Cl. The van der Waals surface area contributed by atoms with Gasteiger partial charge in [0.05, 0.1) is 0 Å². The summed E-state index contributed by atoms with van der Waals surface area (Å²) in [5.74, 6) is 0.575. The van der Waals surface area contributed by atoms with Gasteiger partial charge >= 0.3 is 0 Å². The Bertz CT molecular complexity index is 260. The summed E-state index contributed by atoms with van der Waals surface area (Å²) >= 11 is 6.02. The van der Waals surface area contributed by atoms with Gasteiger partial charge in [-0.25, -0.2) is 4.98 Å². The van der Waals surface area contributed by atoms with Gasteiger partial charge in [0.15, 0.2) is 0 Å². The number of nitrogens with zero attached hydrogens (tertiary/aromatic N) is 1. The first-order chi connectivity index (χ1) is 6.29. The molecule has 1 atom stereocenters. The Balaban J connectivity index is 2.84. The van der Waals surface area contributed by atoms with Gasteiger partial charge in [-0.05, 0) is 30.4 Å². The minimum atomic E-state index is 0.575. The molecule has 1 nitrogen and oxygen atoms in total. The van der Waals surface area contributed by atoms with Crippen molar-refractivity contribution in [2.24, 2.45) is 0 Å². The van der Waals surface area contributed by atoms with Crippen molar-refractivity contribution < 1.29 is 0 Å². The highest BCUT2D eigenvalue weighted by atomic mass is 35.5. The predicted octanol–water partition coefficient (Wildman–Crippen LogP) is 4.03. The van der Waals surface area contributed by atoms with Crippen molar-refractivity contribution in [1.82, 2.24) is 4.98 Å². The quantitative estimate of drug-likeness (QED) is 0.665. The van der Waals surface area contributed by atoms with Crippen LogP contribution in [0.25, 0.3) is 0 Å². The first kappa shape index (κ1) is 10.5. The maximum absolute atomic E-state index is 6.02. The Morgan fingerprint density at radius 2 is 2.23 bits per heavy atom. The summed E-state index contributed by atoms with van der Waals surface area (Å²) in [5.41, 5.74) is 1.20. The van der Waals surface area contributed by atoms with Crippen LogP contribution in [0.15, 0.2) is 18.3 Å². The fraction of sp³-hybridized carbons (Fsp3) is 0.545. The minimum absolute atomic E-state index is 0.575. The molecule has 0 fully saturated rings. The van der Waals surface area contributed by atoms with Crippen molar-refractivity contribution in [2.45, 2.75) is 39.0 Å². The van der Waals surface area contributed by atoms with Crippen LogP contribution in [0.5, 0.6) is 0 Å². The van der Waals surface area contributed by atoms with E-state index in [1.54, 1.807) is 6.20 Å². The first-order valence-corrected chi connectivity index (χ1v) is 5.27. The molecule has 0 aromatic carbocycles. The third-order valence-electron chi connectivity index (χ3n) is 2.36. The summed E-state index contributed by atoms with van der Waals surface area (Å²) in [6.07, 6.45) is 5.27. The fourth-order valence-electron chi connectivity index (χ4n) is 1.63. The Morgan fingerprint density at radius 3 is 2.77 bits per heavy atom. The number of rotatable bonds is 4. The lowest BCUT2D eigenvalue weighted by Crippen LogP contribution is -1.98. The van der Waals surface area contributed by atoms with E-state index in [0.29, 0.717) is 11.1 Å². The number of aromatic nitrogens is 1. The van der Waals surface area contributed by atoms with Crippen molar-refractivity contribution >= 4 is 11.6 Å². The number of hydrogen-bond acceptors (Lipinski definition) is 1. The van der Waals surface area contributed by atoms with Crippen molar-refractivity contribution in [3.63, 3.8) is 0 Å². The Kier molecular flexibility index (Phi) is 4.23. The predicted molar refractivity (Wildman–Crippen MR) is 57.2 cm³/mol. The van der Waals surface area contributed by atoms with E-state index in [1.807, 2.05) is 6.07 Å². The maximum atomic E-state index is 6.02. The van der Waals surface area contributed by atoms with E-state index < -0.39 is 0 Å². The van der Waals surface area contributed by atoms with Crippen molar-refractivity contribution in [3.05, 3.63) is 29.0 Å². The zero-order chi connectivity index (χ0) is 9.68. The van der Waals surface area contributed by atoms with Crippen LogP contribution < -0.4 is 0 Å². The molecule has 2 heteroatoms. The monoisotopic (exact) mass is 197 g/mol. The third-order valence-corrected chi connectivity index (χ3v) is 2.67. The largest absolute Gasteiger partial charge is 0.244 e. The summed E-state index contributed by atoms with van der Waals surface area (Å²) in [7, 11) is 0. The molecule has 13 heavy (non-hydrogen) atoms. The average Bonchev–Trinajstić information content (AvgIpc) is 2.16. The second kappa shape index (κ2) is 5.23. The van der Waals surface area contributed by atoms with Crippen LogP contribution in [0.1, 0.15) is 44.6 Å². The maximum Gasteiger partial charge on any atom is 0.132 e. The average molecular weight is 198 g/mol. The van der Waals surface area contributed by atoms with Gasteiger partial charge in [-0.15, -0.1) is 0 Å². The van der Waals surface area contributed by atoms with Crippen LogP contribution in [0, 0.1) is 0 Å². The van der Waals surface area contributed by atoms with Crippen molar-refractivity contribution in [1.29, 1.82) is 0 Å². The lowest BCUT2D eigenvalue weighted by molar-refractivity contribution is 0.594. The van der Waals surface area contributed by atoms with E-state index >= 15 is 0 Å². The molecular weight excluding hydrogens is 182 g/mol. The molecule has 0 aliphatic heterocycles. The summed E-state index contributed by atoms with van der Waals surface area (Å²) in [6.45, 7) is 4.40. The van der Waals surface area contributed by atoms with Crippen LogP contribution >= 0.6 is 11.6 Å². The van der Waals surface area contributed by atoms with Gasteiger partial charge in [0, 0.05) is 6.20 Å². The summed E-state index contributed by atoms with van der Waals surface area (Å²) in [4.78, 5) is 4.10. The molecule has 0 radical (unpaired) electrons.